The van der Waals surface area contributed by atoms with Gasteiger partial charge in [0.15, 0.2) is 0 Å². The van der Waals surface area contributed by atoms with Gasteiger partial charge in [0, 0.05) is 0 Å². The van der Waals surface area contributed by atoms with Crippen LogP contribution in [0, 0.1) is 5.41 Å². The molecule has 0 spiro atoms. The Bertz CT molecular complexity index is 466. The molecule has 0 unspecified atom stereocenters. The van der Waals surface area contributed by atoms with Gasteiger partial charge in [0.05, 0.1) is 14.2 Å². The van der Waals surface area contributed by atoms with Gasteiger partial charge < -0.3 is 14.6 Å². The quantitative estimate of drug-likeness (QED) is 0.830. The van der Waals surface area contributed by atoms with Crippen LogP contribution in [-0.4, -0.2) is 31.3 Å². The molecule has 0 bridgehead atoms. The van der Waals surface area contributed by atoms with Crippen molar-refractivity contribution in [2.45, 2.75) is 19.4 Å². The summed E-state index contributed by atoms with van der Waals surface area (Å²) in [6.07, 6.45) is 0. The Morgan fingerprint density at radius 1 is 1.00 bits per heavy atom. The first-order valence-corrected chi connectivity index (χ1v) is 5.77. The summed E-state index contributed by atoms with van der Waals surface area (Å²) in [5.74, 6) is -1.61. The Kier molecular flexibility index (Phi) is 4.32. The van der Waals surface area contributed by atoms with E-state index in [1.54, 1.807) is 30.3 Å². The predicted molar refractivity (Wildman–Crippen MR) is 68.2 cm³/mol. The molecule has 1 atom stereocenters. The molecule has 5 heteroatoms. The van der Waals surface area contributed by atoms with Gasteiger partial charge in [0.1, 0.15) is 5.41 Å². The van der Waals surface area contributed by atoms with E-state index in [0.29, 0.717) is 0 Å². The number of esters is 2. The van der Waals surface area contributed by atoms with Crippen molar-refractivity contribution in [3.8, 4) is 0 Å². The fraction of sp³-hybridized carbons (Fsp3) is 0.429. The molecule has 0 saturated heterocycles. The highest BCUT2D eigenvalue weighted by atomic mass is 16.5. The molecule has 5 nitrogen and oxygen atoms in total. The smallest absolute Gasteiger partial charge is 0.343 e. The van der Waals surface area contributed by atoms with Gasteiger partial charge in [-0.1, -0.05) is 30.3 Å². The molecule has 1 N–H and O–H groups in total. The average Bonchev–Trinajstić information content (AvgIpc) is 2.45. The maximum Gasteiger partial charge on any atom is 0.343 e. The minimum absolute atomic E-state index is 0.275. The highest BCUT2D eigenvalue weighted by molar-refractivity contribution is 5.90. The normalized spacial score (nSPS) is 14.4. The lowest BCUT2D eigenvalue weighted by molar-refractivity contribution is -0.191. The van der Waals surface area contributed by atoms with Gasteiger partial charge in [0.2, 0.25) is 5.60 Å². The number of carbonyl (C=O) groups excluding carboxylic acids is 2. The van der Waals surface area contributed by atoms with E-state index in [-0.39, 0.29) is 5.56 Å². The fourth-order valence-electron chi connectivity index (χ4n) is 1.96. The number of carbonyl (C=O) groups is 2. The van der Waals surface area contributed by atoms with Crippen molar-refractivity contribution in [1.29, 1.82) is 0 Å². The predicted octanol–water partition coefficient (Wildman–Crippen LogP) is 1.25. The molecule has 0 saturated carbocycles. The van der Waals surface area contributed by atoms with E-state index >= 15 is 0 Å². The van der Waals surface area contributed by atoms with Crippen LogP contribution in [0.5, 0.6) is 0 Å². The number of aliphatic hydroxyl groups is 1. The van der Waals surface area contributed by atoms with E-state index in [1.807, 2.05) is 0 Å². The second-order valence-corrected chi connectivity index (χ2v) is 4.68. The van der Waals surface area contributed by atoms with Crippen molar-refractivity contribution in [3.05, 3.63) is 35.9 Å². The Hall–Kier alpha value is -1.88. The van der Waals surface area contributed by atoms with E-state index in [4.69, 9.17) is 0 Å². The molecule has 0 aliphatic rings. The minimum Gasteiger partial charge on any atom is -0.469 e. The second kappa shape index (κ2) is 5.40. The van der Waals surface area contributed by atoms with Gasteiger partial charge in [-0.2, -0.15) is 0 Å². The van der Waals surface area contributed by atoms with Crippen LogP contribution < -0.4 is 0 Å². The van der Waals surface area contributed by atoms with Gasteiger partial charge >= 0.3 is 11.9 Å². The molecule has 0 aromatic heterocycles. The monoisotopic (exact) mass is 266 g/mol. The summed E-state index contributed by atoms with van der Waals surface area (Å²) in [4.78, 5) is 23.9. The third-order valence-corrected chi connectivity index (χ3v) is 3.27. The molecule has 0 aliphatic heterocycles. The maximum absolute atomic E-state index is 12.0. The molecule has 1 rings (SSSR count). The summed E-state index contributed by atoms with van der Waals surface area (Å²) in [5.41, 5.74) is -3.33. The van der Waals surface area contributed by atoms with Crippen LogP contribution in [0.25, 0.3) is 0 Å². The molecule has 0 fully saturated rings. The standard InChI is InChI=1S/C14H18O5/c1-13(2,11(15)18-3)14(17,12(16)19-4)10-8-6-5-7-9-10/h5-9,17H,1-4H3/t14-/m1/s1. The lowest BCUT2D eigenvalue weighted by atomic mass is 9.70. The Morgan fingerprint density at radius 3 is 1.89 bits per heavy atom. The Labute approximate surface area is 112 Å². The molecule has 0 aliphatic carbocycles. The van der Waals surface area contributed by atoms with Crippen molar-refractivity contribution < 1.29 is 24.2 Å². The largest absolute Gasteiger partial charge is 0.469 e. The van der Waals surface area contributed by atoms with Crippen LogP contribution in [0.15, 0.2) is 30.3 Å². The van der Waals surface area contributed by atoms with Crippen molar-refractivity contribution >= 4 is 11.9 Å². The van der Waals surface area contributed by atoms with Gasteiger partial charge in [-0.25, -0.2) is 4.79 Å². The van der Waals surface area contributed by atoms with Crippen molar-refractivity contribution in [1.82, 2.24) is 0 Å². The van der Waals surface area contributed by atoms with Crippen LogP contribution in [0.3, 0.4) is 0 Å². The summed E-state index contributed by atoms with van der Waals surface area (Å²) < 4.78 is 9.32. The van der Waals surface area contributed by atoms with Gasteiger partial charge in [-0.15, -0.1) is 0 Å². The van der Waals surface area contributed by atoms with E-state index in [1.165, 1.54) is 21.0 Å². The summed E-state index contributed by atoms with van der Waals surface area (Å²) in [6.45, 7) is 2.87. The molecule has 0 heterocycles. The van der Waals surface area contributed by atoms with Gasteiger partial charge in [0.25, 0.3) is 0 Å². The number of hydrogen-bond acceptors (Lipinski definition) is 5. The van der Waals surface area contributed by atoms with E-state index in [0.717, 1.165) is 7.11 Å². The van der Waals surface area contributed by atoms with E-state index in [2.05, 4.69) is 9.47 Å². The van der Waals surface area contributed by atoms with Crippen molar-refractivity contribution in [2.24, 2.45) is 5.41 Å². The second-order valence-electron chi connectivity index (χ2n) is 4.68. The van der Waals surface area contributed by atoms with Crippen LogP contribution in [0.2, 0.25) is 0 Å². The maximum atomic E-state index is 12.0. The first-order valence-electron chi connectivity index (χ1n) is 5.77. The molecule has 104 valence electrons. The topological polar surface area (TPSA) is 72.8 Å². The van der Waals surface area contributed by atoms with Crippen molar-refractivity contribution in [2.75, 3.05) is 14.2 Å². The van der Waals surface area contributed by atoms with Crippen LogP contribution >= 0.6 is 0 Å². The molecule has 19 heavy (non-hydrogen) atoms. The third kappa shape index (κ3) is 2.33. The summed E-state index contributed by atoms with van der Waals surface area (Å²) in [6, 6.07) is 8.18. The first-order chi connectivity index (χ1) is 8.82. The third-order valence-electron chi connectivity index (χ3n) is 3.27. The zero-order valence-electron chi connectivity index (χ0n) is 11.5. The number of benzene rings is 1. The van der Waals surface area contributed by atoms with Crippen LogP contribution in [-0.2, 0) is 24.7 Å². The van der Waals surface area contributed by atoms with E-state index in [9.17, 15) is 14.7 Å². The molecule has 1 aromatic carbocycles. The number of methoxy groups -OCH3 is 2. The summed E-state index contributed by atoms with van der Waals surface area (Å²) in [7, 11) is 2.36. The van der Waals surface area contributed by atoms with Crippen molar-refractivity contribution in [3.63, 3.8) is 0 Å². The average molecular weight is 266 g/mol. The summed E-state index contributed by atoms with van der Waals surface area (Å²) in [5, 5.41) is 10.8. The van der Waals surface area contributed by atoms with Gasteiger partial charge in [-0.05, 0) is 19.4 Å². The molecule has 0 radical (unpaired) electrons. The number of rotatable bonds is 4. The van der Waals surface area contributed by atoms with E-state index < -0.39 is 23.0 Å². The number of ether oxygens (including phenoxy) is 2. The lowest BCUT2D eigenvalue weighted by Gasteiger charge is -2.38. The Morgan fingerprint density at radius 2 is 1.47 bits per heavy atom. The van der Waals surface area contributed by atoms with Crippen LogP contribution in [0.1, 0.15) is 19.4 Å². The SMILES string of the molecule is COC(=O)C(C)(C)[C@](O)(C(=O)OC)c1ccccc1. The first kappa shape index (κ1) is 15.2. The Balaban J connectivity index is 3.45. The molecular weight excluding hydrogens is 248 g/mol. The molecular formula is C14H18O5. The van der Waals surface area contributed by atoms with Crippen LogP contribution in [0.4, 0.5) is 0 Å². The highest BCUT2D eigenvalue weighted by Gasteiger charge is 2.57. The minimum atomic E-state index is -2.11. The number of hydrogen-bond donors (Lipinski definition) is 1. The van der Waals surface area contributed by atoms with Gasteiger partial charge in [-0.3, -0.25) is 4.79 Å². The summed E-state index contributed by atoms with van der Waals surface area (Å²) >= 11 is 0. The molecule has 1 aromatic rings. The zero-order chi connectivity index (χ0) is 14.7. The fourth-order valence-corrected chi connectivity index (χ4v) is 1.96. The highest BCUT2D eigenvalue weighted by Crippen LogP contribution is 2.41. The lowest BCUT2D eigenvalue weighted by Crippen LogP contribution is -2.53. The molecule has 0 amide bonds. The zero-order valence-corrected chi connectivity index (χ0v) is 11.5.